The van der Waals surface area contributed by atoms with Crippen LogP contribution in [-0.4, -0.2) is 75.2 Å². The Hall–Kier alpha value is -0.160. The molecular weight excluding hydrogens is 272 g/mol. The van der Waals surface area contributed by atoms with E-state index in [2.05, 4.69) is 62.0 Å². The SMILES string of the molecule is CC(C)(C)CN1CCNCCNCCN(CC(C)(C)C)CC1. The van der Waals surface area contributed by atoms with Crippen LogP contribution in [0, 0.1) is 10.8 Å². The third-order valence-electron chi connectivity index (χ3n) is 3.82. The molecule has 0 aromatic heterocycles. The van der Waals surface area contributed by atoms with Gasteiger partial charge >= 0.3 is 0 Å². The minimum absolute atomic E-state index is 0.369. The van der Waals surface area contributed by atoms with Gasteiger partial charge in [0.1, 0.15) is 0 Å². The minimum Gasteiger partial charge on any atom is -0.314 e. The van der Waals surface area contributed by atoms with Gasteiger partial charge in [-0.2, -0.15) is 0 Å². The van der Waals surface area contributed by atoms with Gasteiger partial charge in [-0.25, -0.2) is 0 Å². The van der Waals surface area contributed by atoms with Gasteiger partial charge in [-0.05, 0) is 10.8 Å². The van der Waals surface area contributed by atoms with Crippen LogP contribution in [0.25, 0.3) is 0 Å². The summed E-state index contributed by atoms with van der Waals surface area (Å²) in [6.07, 6.45) is 0. The molecule has 1 aliphatic heterocycles. The first-order valence-electron chi connectivity index (χ1n) is 9.02. The Labute approximate surface area is 139 Å². The van der Waals surface area contributed by atoms with Crippen molar-refractivity contribution in [2.45, 2.75) is 41.5 Å². The first-order valence-corrected chi connectivity index (χ1v) is 9.02. The molecule has 1 heterocycles. The summed E-state index contributed by atoms with van der Waals surface area (Å²) in [5, 5.41) is 7.10. The maximum atomic E-state index is 3.55. The van der Waals surface area contributed by atoms with E-state index in [1.165, 1.54) is 26.2 Å². The lowest BCUT2D eigenvalue weighted by Crippen LogP contribution is -2.47. The third kappa shape index (κ3) is 10.5. The second-order valence-corrected chi connectivity index (χ2v) is 9.17. The van der Waals surface area contributed by atoms with Gasteiger partial charge in [0.2, 0.25) is 0 Å². The quantitative estimate of drug-likeness (QED) is 0.815. The Morgan fingerprint density at radius 3 is 1.27 bits per heavy atom. The van der Waals surface area contributed by atoms with Crippen molar-refractivity contribution in [3.05, 3.63) is 0 Å². The van der Waals surface area contributed by atoms with Gasteiger partial charge in [-0.1, -0.05) is 41.5 Å². The summed E-state index contributed by atoms with van der Waals surface area (Å²) in [5.74, 6) is 0. The zero-order valence-electron chi connectivity index (χ0n) is 16.0. The average molecular weight is 313 g/mol. The number of nitrogens with one attached hydrogen (secondary N) is 2. The highest BCUT2D eigenvalue weighted by molar-refractivity contribution is 4.75. The molecule has 1 aliphatic rings. The van der Waals surface area contributed by atoms with Crippen LogP contribution in [0.3, 0.4) is 0 Å². The molecule has 0 aromatic carbocycles. The molecule has 1 rings (SSSR count). The highest BCUT2D eigenvalue weighted by Gasteiger charge is 2.20. The van der Waals surface area contributed by atoms with Crippen molar-refractivity contribution < 1.29 is 0 Å². The Kier molecular flexibility index (Phi) is 8.33. The fraction of sp³-hybridized carbons (Fsp3) is 1.00. The summed E-state index contributed by atoms with van der Waals surface area (Å²) in [6.45, 7) is 25.4. The van der Waals surface area contributed by atoms with E-state index in [0.29, 0.717) is 10.8 Å². The standard InChI is InChI=1S/C18H40N4/c1-17(2,3)15-21-11-9-19-7-8-20-10-12-22(14-13-21)16-18(4,5)6/h19-20H,7-16H2,1-6H3. The molecule has 0 radical (unpaired) electrons. The van der Waals surface area contributed by atoms with Crippen LogP contribution in [0.1, 0.15) is 41.5 Å². The van der Waals surface area contributed by atoms with Gasteiger partial charge in [0.05, 0.1) is 0 Å². The van der Waals surface area contributed by atoms with Crippen LogP contribution in [0.15, 0.2) is 0 Å². The fourth-order valence-corrected chi connectivity index (χ4v) is 3.07. The van der Waals surface area contributed by atoms with Crippen molar-refractivity contribution in [1.82, 2.24) is 20.4 Å². The van der Waals surface area contributed by atoms with Crippen molar-refractivity contribution in [3.8, 4) is 0 Å². The van der Waals surface area contributed by atoms with E-state index in [4.69, 9.17) is 0 Å². The van der Waals surface area contributed by atoms with Crippen molar-refractivity contribution >= 4 is 0 Å². The molecule has 2 N–H and O–H groups in total. The molecule has 0 bridgehead atoms. The molecule has 1 fully saturated rings. The van der Waals surface area contributed by atoms with E-state index >= 15 is 0 Å². The van der Waals surface area contributed by atoms with Crippen LogP contribution in [0.4, 0.5) is 0 Å². The molecular formula is C18H40N4. The Balaban J connectivity index is 2.60. The molecule has 4 heteroatoms. The normalized spacial score (nSPS) is 22.1. The molecule has 0 saturated carbocycles. The summed E-state index contributed by atoms with van der Waals surface area (Å²) in [6, 6.07) is 0. The molecule has 0 aliphatic carbocycles. The van der Waals surface area contributed by atoms with E-state index in [9.17, 15) is 0 Å². The Bertz CT molecular complexity index is 260. The summed E-state index contributed by atoms with van der Waals surface area (Å²) < 4.78 is 0. The molecule has 0 aromatic rings. The van der Waals surface area contributed by atoms with Crippen LogP contribution in [-0.2, 0) is 0 Å². The van der Waals surface area contributed by atoms with E-state index < -0.39 is 0 Å². The fourth-order valence-electron chi connectivity index (χ4n) is 3.07. The van der Waals surface area contributed by atoms with Crippen LogP contribution in [0.2, 0.25) is 0 Å². The van der Waals surface area contributed by atoms with Crippen molar-refractivity contribution in [2.24, 2.45) is 10.8 Å². The van der Waals surface area contributed by atoms with Gasteiger partial charge in [0.15, 0.2) is 0 Å². The zero-order valence-corrected chi connectivity index (χ0v) is 16.0. The molecule has 0 atom stereocenters. The summed E-state index contributed by atoms with van der Waals surface area (Å²) >= 11 is 0. The van der Waals surface area contributed by atoms with E-state index in [1.807, 2.05) is 0 Å². The maximum Gasteiger partial charge on any atom is 0.0110 e. The molecule has 0 unspecified atom stereocenters. The molecule has 4 nitrogen and oxygen atoms in total. The zero-order chi connectivity index (χ0) is 16.6. The third-order valence-corrected chi connectivity index (χ3v) is 3.82. The molecule has 0 amide bonds. The molecule has 132 valence electrons. The summed E-state index contributed by atoms with van der Waals surface area (Å²) in [7, 11) is 0. The maximum absolute atomic E-state index is 3.55. The van der Waals surface area contributed by atoms with Crippen molar-refractivity contribution in [2.75, 3.05) is 65.4 Å². The number of hydrogen-bond donors (Lipinski definition) is 2. The Morgan fingerprint density at radius 1 is 0.591 bits per heavy atom. The minimum atomic E-state index is 0.369. The number of hydrogen-bond acceptors (Lipinski definition) is 4. The first kappa shape index (κ1) is 19.9. The van der Waals surface area contributed by atoms with Crippen LogP contribution in [0.5, 0.6) is 0 Å². The van der Waals surface area contributed by atoms with Gasteiger partial charge in [-0.3, -0.25) is 0 Å². The van der Waals surface area contributed by atoms with Crippen molar-refractivity contribution in [1.29, 1.82) is 0 Å². The smallest absolute Gasteiger partial charge is 0.0110 e. The monoisotopic (exact) mass is 312 g/mol. The van der Waals surface area contributed by atoms with Gasteiger partial charge in [0, 0.05) is 65.4 Å². The lowest BCUT2D eigenvalue weighted by molar-refractivity contribution is 0.137. The van der Waals surface area contributed by atoms with E-state index in [-0.39, 0.29) is 0 Å². The predicted molar refractivity (Wildman–Crippen MR) is 97.5 cm³/mol. The van der Waals surface area contributed by atoms with Gasteiger partial charge < -0.3 is 20.4 Å². The Morgan fingerprint density at radius 2 is 0.955 bits per heavy atom. The first-order chi connectivity index (χ1) is 10.2. The second kappa shape index (κ2) is 9.21. The second-order valence-electron chi connectivity index (χ2n) is 9.17. The van der Waals surface area contributed by atoms with E-state index in [0.717, 1.165) is 39.3 Å². The summed E-state index contributed by atoms with van der Waals surface area (Å²) in [4.78, 5) is 5.27. The van der Waals surface area contributed by atoms with Crippen LogP contribution >= 0.6 is 0 Å². The van der Waals surface area contributed by atoms with Crippen LogP contribution < -0.4 is 10.6 Å². The van der Waals surface area contributed by atoms with Gasteiger partial charge in [-0.15, -0.1) is 0 Å². The van der Waals surface area contributed by atoms with Gasteiger partial charge in [0.25, 0.3) is 0 Å². The lowest BCUT2D eigenvalue weighted by Gasteiger charge is -2.35. The summed E-state index contributed by atoms with van der Waals surface area (Å²) in [5.41, 5.74) is 0.737. The van der Waals surface area contributed by atoms with Crippen molar-refractivity contribution in [3.63, 3.8) is 0 Å². The molecule has 0 spiro atoms. The molecule has 1 saturated heterocycles. The average Bonchev–Trinajstić information content (AvgIpc) is 2.32. The molecule has 22 heavy (non-hydrogen) atoms. The topological polar surface area (TPSA) is 30.5 Å². The lowest BCUT2D eigenvalue weighted by atomic mass is 9.95. The largest absolute Gasteiger partial charge is 0.314 e. The highest BCUT2D eigenvalue weighted by Crippen LogP contribution is 2.17. The predicted octanol–water partition coefficient (Wildman–Crippen LogP) is 1.88. The number of rotatable bonds is 2. The van der Waals surface area contributed by atoms with E-state index in [1.54, 1.807) is 0 Å². The number of nitrogens with zero attached hydrogens (tertiary/aromatic N) is 2. The highest BCUT2D eigenvalue weighted by atomic mass is 15.2.